The van der Waals surface area contributed by atoms with E-state index in [9.17, 15) is 0 Å². The van der Waals surface area contributed by atoms with Gasteiger partial charge in [0.25, 0.3) is 0 Å². The highest BCUT2D eigenvalue weighted by Crippen LogP contribution is 1.99. The molecule has 0 spiro atoms. The van der Waals surface area contributed by atoms with Crippen molar-refractivity contribution >= 4 is 0 Å². The number of hydrogen-bond acceptors (Lipinski definition) is 3. The summed E-state index contributed by atoms with van der Waals surface area (Å²) in [6, 6.07) is 0. The summed E-state index contributed by atoms with van der Waals surface area (Å²) in [6.07, 6.45) is 5.41. The first-order valence-electron chi connectivity index (χ1n) is 8.14. The molecule has 0 saturated carbocycles. The smallest absolute Gasteiger partial charge is 0.0110 e. The van der Waals surface area contributed by atoms with Crippen LogP contribution in [0.2, 0.25) is 0 Å². The average Bonchev–Trinajstić information content (AvgIpc) is 2.33. The predicted octanol–water partition coefficient (Wildman–Crippen LogP) is 2.68. The topological polar surface area (TPSA) is 18.5 Å². The summed E-state index contributed by atoms with van der Waals surface area (Å²) >= 11 is 0. The molecule has 3 nitrogen and oxygen atoms in total. The highest BCUT2D eigenvalue weighted by atomic mass is 15.2. The normalized spacial score (nSPS) is 12.0. The number of hydrogen-bond donors (Lipinski definition) is 1. The quantitative estimate of drug-likeness (QED) is 0.520. The molecule has 0 radical (unpaired) electrons. The van der Waals surface area contributed by atoms with E-state index in [0.717, 1.165) is 19.0 Å². The molecule has 0 aromatic heterocycles. The predicted molar refractivity (Wildman–Crippen MR) is 86.8 cm³/mol. The molecular weight excluding hydrogens is 234 g/mol. The molecule has 0 rings (SSSR count). The molecule has 0 aliphatic carbocycles. The van der Waals surface area contributed by atoms with Gasteiger partial charge in [0.2, 0.25) is 0 Å². The third kappa shape index (κ3) is 14.1. The van der Waals surface area contributed by atoms with Gasteiger partial charge in [-0.05, 0) is 33.0 Å². The minimum atomic E-state index is 0.756. The van der Waals surface area contributed by atoms with E-state index < -0.39 is 0 Å². The summed E-state index contributed by atoms with van der Waals surface area (Å²) in [5.74, 6) is 0.756. The fourth-order valence-electron chi connectivity index (χ4n) is 2.19. The van der Waals surface area contributed by atoms with Gasteiger partial charge in [0, 0.05) is 32.7 Å². The van der Waals surface area contributed by atoms with Crippen molar-refractivity contribution < 1.29 is 0 Å². The maximum Gasteiger partial charge on any atom is 0.0110 e. The number of unbranched alkanes of at least 4 members (excludes halogenated alkanes) is 3. The Balaban J connectivity index is 3.61. The van der Waals surface area contributed by atoms with Crippen molar-refractivity contribution in [3.63, 3.8) is 0 Å². The second-order valence-electron chi connectivity index (χ2n) is 6.31. The van der Waals surface area contributed by atoms with Gasteiger partial charge in [-0.3, -0.25) is 0 Å². The fraction of sp³-hybridized carbons (Fsp3) is 1.00. The molecule has 0 heterocycles. The van der Waals surface area contributed by atoms with Gasteiger partial charge in [0.15, 0.2) is 0 Å². The zero-order valence-electron chi connectivity index (χ0n) is 14.0. The van der Waals surface area contributed by atoms with Gasteiger partial charge < -0.3 is 15.1 Å². The van der Waals surface area contributed by atoms with Gasteiger partial charge in [-0.15, -0.1) is 0 Å². The second-order valence-corrected chi connectivity index (χ2v) is 6.31. The third-order valence-electron chi connectivity index (χ3n) is 3.30. The molecule has 0 aromatic rings. The summed E-state index contributed by atoms with van der Waals surface area (Å²) in [5.41, 5.74) is 0. The third-order valence-corrected chi connectivity index (χ3v) is 3.30. The zero-order valence-corrected chi connectivity index (χ0v) is 14.0. The Morgan fingerprint density at radius 3 is 2.21 bits per heavy atom. The molecule has 0 fully saturated rings. The van der Waals surface area contributed by atoms with Gasteiger partial charge >= 0.3 is 0 Å². The lowest BCUT2D eigenvalue weighted by molar-refractivity contribution is 0.219. The molecule has 0 aliphatic heterocycles. The van der Waals surface area contributed by atoms with E-state index >= 15 is 0 Å². The molecule has 3 heteroatoms. The van der Waals surface area contributed by atoms with Crippen LogP contribution < -0.4 is 5.32 Å². The van der Waals surface area contributed by atoms with Gasteiger partial charge in [0.1, 0.15) is 0 Å². The van der Waals surface area contributed by atoms with Crippen molar-refractivity contribution in [2.24, 2.45) is 5.92 Å². The standard InChI is InChI=1S/C16H37N3/c1-6-7-8-9-10-17-11-12-19(15-16(2)3)14-13-18(4)5/h16-17H,6-15H2,1-5H3. The van der Waals surface area contributed by atoms with E-state index in [1.807, 2.05) is 0 Å². The van der Waals surface area contributed by atoms with Crippen molar-refractivity contribution in [2.45, 2.75) is 46.5 Å². The Hall–Kier alpha value is -0.120. The number of likely N-dealkylation sites (N-methyl/N-ethyl adjacent to an activating group) is 1. The maximum absolute atomic E-state index is 3.58. The van der Waals surface area contributed by atoms with Gasteiger partial charge in [-0.2, -0.15) is 0 Å². The molecule has 1 N–H and O–H groups in total. The van der Waals surface area contributed by atoms with Crippen LogP contribution in [0.3, 0.4) is 0 Å². The Morgan fingerprint density at radius 1 is 0.895 bits per heavy atom. The SMILES string of the molecule is CCCCCCNCCN(CCN(C)C)CC(C)C. The summed E-state index contributed by atoms with van der Waals surface area (Å²) in [6.45, 7) is 13.9. The average molecular weight is 271 g/mol. The second kappa shape index (κ2) is 12.9. The molecule has 0 bridgehead atoms. The van der Waals surface area contributed by atoms with E-state index in [0.29, 0.717) is 0 Å². The van der Waals surface area contributed by atoms with E-state index in [1.165, 1.54) is 51.9 Å². The molecule has 0 aliphatic rings. The van der Waals surface area contributed by atoms with Crippen molar-refractivity contribution in [3.05, 3.63) is 0 Å². The van der Waals surface area contributed by atoms with Crippen LogP contribution >= 0.6 is 0 Å². The van der Waals surface area contributed by atoms with E-state index in [2.05, 4.69) is 50.0 Å². The summed E-state index contributed by atoms with van der Waals surface area (Å²) in [7, 11) is 4.30. The fourth-order valence-corrected chi connectivity index (χ4v) is 2.19. The lowest BCUT2D eigenvalue weighted by Gasteiger charge is -2.25. The summed E-state index contributed by atoms with van der Waals surface area (Å²) in [4.78, 5) is 4.86. The molecular formula is C16H37N3. The first-order valence-corrected chi connectivity index (χ1v) is 8.14. The molecule has 0 aromatic carbocycles. The monoisotopic (exact) mass is 271 g/mol. The van der Waals surface area contributed by atoms with Crippen LogP contribution in [0, 0.1) is 5.92 Å². The Bertz CT molecular complexity index is 181. The molecule has 116 valence electrons. The lowest BCUT2D eigenvalue weighted by atomic mass is 10.2. The first kappa shape index (κ1) is 18.9. The summed E-state index contributed by atoms with van der Waals surface area (Å²) in [5, 5.41) is 3.58. The largest absolute Gasteiger partial charge is 0.315 e. The summed E-state index contributed by atoms with van der Waals surface area (Å²) < 4.78 is 0. The molecule has 0 amide bonds. The lowest BCUT2D eigenvalue weighted by Crippen LogP contribution is -2.38. The van der Waals surface area contributed by atoms with Crippen molar-refractivity contribution in [2.75, 3.05) is 53.4 Å². The Labute approximate surface area is 121 Å². The van der Waals surface area contributed by atoms with Crippen molar-refractivity contribution in [1.29, 1.82) is 0 Å². The van der Waals surface area contributed by atoms with Gasteiger partial charge in [0.05, 0.1) is 0 Å². The van der Waals surface area contributed by atoms with Crippen LogP contribution in [0.1, 0.15) is 46.5 Å². The minimum absolute atomic E-state index is 0.756. The van der Waals surface area contributed by atoms with Crippen LogP contribution in [-0.2, 0) is 0 Å². The van der Waals surface area contributed by atoms with Crippen molar-refractivity contribution in [1.82, 2.24) is 15.1 Å². The van der Waals surface area contributed by atoms with Gasteiger partial charge in [-0.25, -0.2) is 0 Å². The van der Waals surface area contributed by atoms with E-state index in [1.54, 1.807) is 0 Å². The zero-order chi connectivity index (χ0) is 14.5. The Kier molecular flexibility index (Phi) is 12.8. The Morgan fingerprint density at radius 2 is 1.63 bits per heavy atom. The molecule has 0 atom stereocenters. The van der Waals surface area contributed by atoms with Crippen LogP contribution in [0.25, 0.3) is 0 Å². The van der Waals surface area contributed by atoms with Crippen LogP contribution in [0.15, 0.2) is 0 Å². The van der Waals surface area contributed by atoms with Crippen LogP contribution in [0.5, 0.6) is 0 Å². The van der Waals surface area contributed by atoms with E-state index in [-0.39, 0.29) is 0 Å². The maximum atomic E-state index is 3.58. The molecule has 0 unspecified atom stereocenters. The number of nitrogens with one attached hydrogen (secondary N) is 1. The highest BCUT2D eigenvalue weighted by molar-refractivity contribution is 4.63. The number of rotatable bonds is 13. The van der Waals surface area contributed by atoms with Crippen LogP contribution in [0.4, 0.5) is 0 Å². The van der Waals surface area contributed by atoms with E-state index in [4.69, 9.17) is 0 Å². The van der Waals surface area contributed by atoms with Crippen LogP contribution in [-0.4, -0.2) is 63.2 Å². The van der Waals surface area contributed by atoms with Gasteiger partial charge in [-0.1, -0.05) is 40.0 Å². The minimum Gasteiger partial charge on any atom is -0.315 e. The van der Waals surface area contributed by atoms with Crippen molar-refractivity contribution in [3.8, 4) is 0 Å². The molecule has 0 saturated heterocycles. The number of nitrogens with zero attached hydrogens (tertiary/aromatic N) is 2. The first-order chi connectivity index (χ1) is 9.06. The highest BCUT2D eigenvalue weighted by Gasteiger charge is 2.07. The molecule has 19 heavy (non-hydrogen) atoms.